The molecule has 0 unspecified atom stereocenters. The lowest BCUT2D eigenvalue weighted by molar-refractivity contribution is 0.183. The third-order valence-electron chi connectivity index (χ3n) is 2.81. The summed E-state index contributed by atoms with van der Waals surface area (Å²) >= 11 is 0. The summed E-state index contributed by atoms with van der Waals surface area (Å²) in [7, 11) is 1.76. The lowest BCUT2D eigenvalue weighted by atomic mass is 10.0. The number of pyridine rings is 1. The third-order valence-corrected chi connectivity index (χ3v) is 2.81. The van der Waals surface area contributed by atoms with Gasteiger partial charge in [-0.15, -0.1) is 0 Å². The molecule has 98 valence electrons. The molecule has 0 bridgehead atoms. The van der Waals surface area contributed by atoms with Gasteiger partial charge in [-0.05, 0) is 49.3 Å². The van der Waals surface area contributed by atoms with Crippen LogP contribution in [0.5, 0.6) is 0 Å². The van der Waals surface area contributed by atoms with Crippen molar-refractivity contribution in [3.63, 3.8) is 0 Å². The number of rotatable bonds is 1. The summed E-state index contributed by atoms with van der Waals surface area (Å²) in [6.45, 7) is 3.86. The number of aliphatic imine (C=N–C) groups is 1. The second-order valence-electron chi connectivity index (χ2n) is 4.29. The molecule has 0 amide bonds. The van der Waals surface area contributed by atoms with E-state index in [9.17, 15) is 5.21 Å². The van der Waals surface area contributed by atoms with E-state index in [0.29, 0.717) is 0 Å². The van der Waals surface area contributed by atoms with E-state index in [-0.39, 0.29) is 0 Å². The minimum atomic E-state index is 0.729. The first-order chi connectivity index (χ1) is 9.10. The van der Waals surface area contributed by atoms with Gasteiger partial charge in [0, 0.05) is 19.4 Å². The molecule has 5 nitrogen and oxygen atoms in total. The molecular formula is C14H16N4O. The Hall–Kier alpha value is -2.43. The summed E-state index contributed by atoms with van der Waals surface area (Å²) in [5, 5.41) is 18.4. The monoisotopic (exact) mass is 256 g/mol. The SMILES string of the molecule is CN=C1C=C/C(=N\N=c2\ccn(O)cc2C)C=C1C. The molecule has 1 aromatic heterocycles. The summed E-state index contributed by atoms with van der Waals surface area (Å²) < 4.78 is 0.996. The van der Waals surface area contributed by atoms with Gasteiger partial charge in [-0.3, -0.25) is 4.99 Å². The average Bonchev–Trinajstić information content (AvgIpc) is 2.38. The van der Waals surface area contributed by atoms with Crippen molar-refractivity contribution >= 4 is 11.4 Å². The fourth-order valence-corrected chi connectivity index (χ4v) is 1.76. The number of nitrogens with zero attached hydrogens (tertiary/aromatic N) is 4. The van der Waals surface area contributed by atoms with Crippen LogP contribution in [0.25, 0.3) is 0 Å². The summed E-state index contributed by atoms with van der Waals surface area (Å²) in [6.07, 6.45) is 8.84. The number of hydrogen-bond acceptors (Lipinski definition) is 4. The number of aromatic nitrogens is 1. The first-order valence-corrected chi connectivity index (χ1v) is 5.93. The smallest absolute Gasteiger partial charge is 0.0917 e. The number of hydrogen-bond donors (Lipinski definition) is 1. The number of allylic oxidation sites excluding steroid dienone is 4. The molecule has 0 radical (unpaired) electrons. The molecule has 0 saturated carbocycles. The van der Waals surface area contributed by atoms with Gasteiger partial charge < -0.3 is 5.21 Å². The van der Waals surface area contributed by atoms with E-state index in [1.54, 1.807) is 19.3 Å². The van der Waals surface area contributed by atoms with Crippen LogP contribution in [0, 0.1) is 6.92 Å². The highest BCUT2D eigenvalue weighted by molar-refractivity contribution is 6.20. The van der Waals surface area contributed by atoms with E-state index >= 15 is 0 Å². The summed E-state index contributed by atoms with van der Waals surface area (Å²) in [5.41, 5.74) is 3.66. The van der Waals surface area contributed by atoms with Crippen LogP contribution in [0.15, 0.2) is 57.5 Å². The Balaban J connectivity index is 2.34. The second kappa shape index (κ2) is 5.48. The predicted molar refractivity (Wildman–Crippen MR) is 75.6 cm³/mol. The molecule has 0 saturated heterocycles. The molecule has 0 atom stereocenters. The standard InChI is InChI=1S/C14H16N4O/c1-10-8-12(4-5-13(10)15-3)16-17-14-6-7-18(19)9-11(14)2/h4-9,19H,1-3H3/b15-13?,16-12+,17-14-. The quantitative estimate of drug-likeness (QED) is 0.465. The van der Waals surface area contributed by atoms with E-state index in [2.05, 4.69) is 15.2 Å². The van der Waals surface area contributed by atoms with Gasteiger partial charge in [-0.1, -0.05) is 0 Å². The largest absolute Gasteiger partial charge is 0.429 e. The fourth-order valence-electron chi connectivity index (χ4n) is 1.76. The lowest BCUT2D eigenvalue weighted by Crippen LogP contribution is -2.10. The van der Waals surface area contributed by atoms with Crippen molar-refractivity contribution in [1.29, 1.82) is 0 Å². The molecule has 0 spiro atoms. The van der Waals surface area contributed by atoms with Crippen molar-refractivity contribution in [3.8, 4) is 0 Å². The van der Waals surface area contributed by atoms with Crippen molar-refractivity contribution in [3.05, 3.63) is 53.2 Å². The summed E-state index contributed by atoms with van der Waals surface area (Å²) in [5.74, 6) is 0. The molecule has 0 aromatic carbocycles. The van der Waals surface area contributed by atoms with Gasteiger partial charge in [0.25, 0.3) is 0 Å². The van der Waals surface area contributed by atoms with E-state index in [1.165, 1.54) is 6.20 Å². The van der Waals surface area contributed by atoms with Crippen molar-refractivity contribution in [2.75, 3.05) is 7.05 Å². The minimum absolute atomic E-state index is 0.729. The van der Waals surface area contributed by atoms with Crippen LogP contribution >= 0.6 is 0 Å². The maximum absolute atomic E-state index is 9.25. The van der Waals surface area contributed by atoms with Crippen molar-refractivity contribution in [2.45, 2.75) is 13.8 Å². The topological polar surface area (TPSA) is 62.2 Å². The first kappa shape index (κ1) is 13.0. The maximum Gasteiger partial charge on any atom is 0.0917 e. The van der Waals surface area contributed by atoms with E-state index in [1.807, 2.05) is 32.1 Å². The maximum atomic E-state index is 9.25. The highest BCUT2D eigenvalue weighted by Crippen LogP contribution is 2.06. The summed E-state index contributed by atoms with van der Waals surface area (Å²) in [4.78, 5) is 4.15. The van der Waals surface area contributed by atoms with Gasteiger partial charge in [0.05, 0.1) is 16.8 Å². The zero-order chi connectivity index (χ0) is 13.8. The number of aryl methyl sites for hydroxylation is 1. The molecule has 0 fully saturated rings. The molecule has 1 N–H and O–H groups in total. The van der Waals surface area contributed by atoms with E-state index < -0.39 is 0 Å². The Labute approximate surface area is 111 Å². The zero-order valence-electron chi connectivity index (χ0n) is 11.2. The molecule has 1 aliphatic rings. The molecule has 0 aliphatic heterocycles. The molecular weight excluding hydrogens is 240 g/mol. The normalized spacial score (nSPS) is 20.2. The van der Waals surface area contributed by atoms with Crippen LogP contribution < -0.4 is 5.36 Å². The van der Waals surface area contributed by atoms with Crippen LogP contribution in [-0.2, 0) is 0 Å². The van der Waals surface area contributed by atoms with Crippen LogP contribution in [0.2, 0.25) is 0 Å². The molecule has 5 heteroatoms. The van der Waals surface area contributed by atoms with Gasteiger partial charge in [0.15, 0.2) is 0 Å². The average molecular weight is 256 g/mol. The van der Waals surface area contributed by atoms with Crippen LogP contribution in [-0.4, -0.2) is 28.4 Å². The van der Waals surface area contributed by atoms with E-state index in [0.717, 1.165) is 32.6 Å². The molecule has 1 heterocycles. The third kappa shape index (κ3) is 3.07. The van der Waals surface area contributed by atoms with Crippen molar-refractivity contribution < 1.29 is 5.21 Å². The Kier molecular flexibility index (Phi) is 3.75. The van der Waals surface area contributed by atoms with E-state index in [4.69, 9.17) is 0 Å². The van der Waals surface area contributed by atoms with Crippen LogP contribution in [0.4, 0.5) is 0 Å². The van der Waals surface area contributed by atoms with Gasteiger partial charge in [0.1, 0.15) is 0 Å². The Bertz CT molecular complexity index is 675. The molecule has 19 heavy (non-hydrogen) atoms. The van der Waals surface area contributed by atoms with Crippen molar-refractivity contribution in [2.24, 2.45) is 15.2 Å². The molecule has 2 rings (SSSR count). The summed E-state index contributed by atoms with van der Waals surface area (Å²) in [6, 6.07) is 1.71. The highest BCUT2D eigenvalue weighted by atomic mass is 16.5. The lowest BCUT2D eigenvalue weighted by Gasteiger charge is -2.05. The first-order valence-electron chi connectivity index (χ1n) is 5.93. The zero-order valence-corrected chi connectivity index (χ0v) is 11.2. The van der Waals surface area contributed by atoms with Crippen LogP contribution in [0.1, 0.15) is 12.5 Å². The molecule has 1 aliphatic carbocycles. The van der Waals surface area contributed by atoms with Crippen LogP contribution in [0.3, 0.4) is 0 Å². The van der Waals surface area contributed by atoms with Crippen molar-refractivity contribution in [1.82, 2.24) is 4.73 Å². The van der Waals surface area contributed by atoms with Gasteiger partial charge in [0.2, 0.25) is 0 Å². The highest BCUT2D eigenvalue weighted by Gasteiger charge is 2.04. The minimum Gasteiger partial charge on any atom is -0.429 e. The fraction of sp³-hybridized carbons (Fsp3) is 0.214. The Morgan fingerprint density at radius 1 is 1.16 bits per heavy atom. The predicted octanol–water partition coefficient (Wildman–Crippen LogP) is 1.88. The van der Waals surface area contributed by atoms with Gasteiger partial charge in [-0.25, -0.2) is 4.73 Å². The molecule has 1 aromatic rings. The van der Waals surface area contributed by atoms with Gasteiger partial charge >= 0.3 is 0 Å². The Morgan fingerprint density at radius 2 is 1.95 bits per heavy atom. The van der Waals surface area contributed by atoms with Gasteiger partial charge in [-0.2, -0.15) is 10.2 Å². The Morgan fingerprint density at radius 3 is 2.58 bits per heavy atom. The second-order valence-corrected chi connectivity index (χ2v) is 4.29.